The Hall–Kier alpha value is -3.42. The molecule has 150 valence electrons. The summed E-state index contributed by atoms with van der Waals surface area (Å²) < 4.78 is 11.4. The summed E-state index contributed by atoms with van der Waals surface area (Å²) in [5.41, 5.74) is 0.276. The van der Waals surface area contributed by atoms with Crippen molar-refractivity contribution in [1.82, 2.24) is 4.90 Å². The maximum atomic E-state index is 12.7. The standard InChI is InChI=1S/C21H20N2O6/c1-28-16-6-7-19-17(12-16)18(24)13-21(29-19)8-10-22(11-9-21)20(25)14-2-4-15(5-3-14)23(26)27/h2-7,12H,8-11,13H2,1H3. The van der Waals surface area contributed by atoms with Gasteiger partial charge in [0.15, 0.2) is 5.78 Å². The van der Waals surface area contributed by atoms with E-state index in [0.717, 1.165) is 0 Å². The van der Waals surface area contributed by atoms with E-state index in [1.807, 2.05) is 0 Å². The van der Waals surface area contributed by atoms with Gasteiger partial charge in [0, 0.05) is 43.6 Å². The molecule has 1 saturated heterocycles. The van der Waals surface area contributed by atoms with Crippen LogP contribution in [0.15, 0.2) is 42.5 Å². The van der Waals surface area contributed by atoms with E-state index in [4.69, 9.17) is 9.47 Å². The molecule has 2 aromatic rings. The highest BCUT2D eigenvalue weighted by Gasteiger charge is 2.43. The Kier molecular flexibility index (Phi) is 4.70. The Morgan fingerprint density at radius 2 is 1.86 bits per heavy atom. The third-order valence-electron chi connectivity index (χ3n) is 5.58. The first kappa shape index (κ1) is 18.9. The van der Waals surface area contributed by atoms with Crippen LogP contribution >= 0.6 is 0 Å². The molecular weight excluding hydrogens is 376 g/mol. The number of amides is 1. The Morgan fingerprint density at radius 1 is 1.17 bits per heavy atom. The van der Waals surface area contributed by atoms with Crippen LogP contribution in [-0.4, -0.2) is 47.3 Å². The van der Waals surface area contributed by atoms with E-state index in [-0.39, 0.29) is 23.8 Å². The van der Waals surface area contributed by atoms with Crippen LogP contribution < -0.4 is 9.47 Å². The Balaban J connectivity index is 1.45. The van der Waals surface area contributed by atoms with Gasteiger partial charge in [0.2, 0.25) is 0 Å². The predicted molar refractivity (Wildman–Crippen MR) is 104 cm³/mol. The first-order valence-electron chi connectivity index (χ1n) is 9.35. The number of fused-ring (bicyclic) bond motifs is 1. The molecule has 0 unspecified atom stereocenters. The zero-order valence-electron chi connectivity index (χ0n) is 15.9. The quantitative estimate of drug-likeness (QED) is 0.583. The minimum Gasteiger partial charge on any atom is -0.497 e. The number of hydrogen-bond acceptors (Lipinski definition) is 6. The van der Waals surface area contributed by atoms with E-state index in [1.165, 1.54) is 24.3 Å². The fraction of sp³-hybridized carbons (Fsp3) is 0.333. The van der Waals surface area contributed by atoms with Crippen molar-refractivity contribution in [2.24, 2.45) is 0 Å². The highest BCUT2D eigenvalue weighted by Crippen LogP contribution is 2.40. The number of carbonyl (C=O) groups excluding carboxylic acids is 2. The molecule has 0 N–H and O–H groups in total. The zero-order chi connectivity index (χ0) is 20.6. The normalized spacial score (nSPS) is 17.4. The van der Waals surface area contributed by atoms with E-state index >= 15 is 0 Å². The molecule has 29 heavy (non-hydrogen) atoms. The molecule has 0 radical (unpaired) electrons. The monoisotopic (exact) mass is 396 g/mol. The van der Waals surface area contributed by atoms with Gasteiger partial charge in [0.1, 0.15) is 17.1 Å². The summed E-state index contributed by atoms with van der Waals surface area (Å²) >= 11 is 0. The van der Waals surface area contributed by atoms with Crippen molar-refractivity contribution in [3.8, 4) is 11.5 Å². The molecule has 8 heteroatoms. The number of methoxy groups -OCH3 is 1. The van der Waals surface area contributed by atoms with Gasteiger partial charge in [-0.05, 0) is 30.3 Å². The lowest BCUT2D eigenvalue weighted by atomic mass is 9.82. The van der Waals surface area contributed by atoms with E-state index in [0.29, 0.717) is 48.6 Å². The summed E-state index contributed by atoms with van der Waals surface area (Å²) in [5.74, 6) is 1.000. The molecule has 4 rings (SSSR count). The topological polar surface area (TPSA) is 99.0 Å². The van der Waals surface area contributed by atoms with Gasteiger partial charge < -0.3 is 14.4 Å². The maximum absolute atomic E-state index is 12.7. The number of piperidine rings is 1. The van der Waals surface area contributed by atoms with Crippen LogP contribution in [0.2, 0.25) is 0 Å². The maximum Gasteiger partial charge on any atom is 0.269 e. The van der Waals surface area contributed by atoms with Gasteiger partial charge in [-0.2, -0.15) is 0 Å². The van der Waals surface area contributed by atoms with Crippen molar-refractivity contribution < 1.29 is 24.0 Å². The number of rotatable bonds is 3. The van der Waals surface area contributed by atoms with Crippen LogP contribution in [0.5, 0.6) is 11.5 Å². The molecule has 0 aromatic heterocycles. The van der Waals surface area contributed by atoms with Gasteiger partial charge in [0.05, 0.1) is 24.0 Å². The Labute approximate surface area is 167 Å². The van der Waals surface area contributed by atoms with E-state index in [9.17, 15) is 19.7 Å². The summed E-state index contributed by atoms with van der Waals surface area (Å²) in [6.07, 6.45) is 1.36. The molecule has 0 aliphatic carbocycles. The third kappa shape index (κ3) is 3.53. The molecule has 0 saturated carbocycles. The van der Waals surface area contributed by atoms with Gasteiger partial charge >= 0.3 is 0 Å². The summed E-state index contributed by atoms with van der Waals surface area (Å²) in [6, 6.07) is 10.8. The predicted octanol–water partition coefficient (Wildman–Crippen LogP) is 3.24. The minimum atomic E-state index is -0.606. The van der Waals surface area contributed by atoms with E-state index < -0.39 is 10.5 Å². The molecule has 1 amide bonds. The molecule has 2 aliphatic rings. The molecule has 2 aromatic carbocycles. The highest BCUT2D eigenvalue weighted by atomic mass is 16.6. The van der Waals surface area contributed by atoms with Crippen LogP contribution in [-0.2, 0) is 0 Å². The lowest BCUT2D eigenvalue weighted by molar-refractivity contribution is -0.384. The van der Waals surface area contributed by atoms with Crippen LogP contribution in [0.1, 0.15) is 40.0 Å². The molecule has 1 fully saturated rings. The fourth-order valence-electron chi connectivity index (χ4n) is 3.90. The lowest BCUT2D eigenvalue weighted by Crippen LogP contribution is -2.52. The molecule has 2 aliphatic heterocycles. The summed E-state index contributed by atoms with van der Waals surface area (Å²) in [5, 5.41) is 10.8. The Morgan fingerprint density at radius 3 is 2.48 bits per heavy atom. The minimum absolute atomic E-state index is 0.0142. The average Bonchev–Trinajstić information content (AvgIpc) is 2.73. The zero-order valence-corrected chi connectivity index (χ0v) is 15.9. The number of benzene rings is 2. The molecule has 0 bridgehead atoms. The van der Waals surface area contributed by atoms with Gasteiger partial charge in [-0.25, -0.2) is 0 Å². The van der Waals surface area contributed by atoms with Crippen molar-refractivity contribution in [1.29, 1.82) is 0 Å². The molecule has 8 nitrogen and oxygen atoms in total. The first-order chi connectivity index (χ1) is 13.9. The van der Waals surface area contributed by atoms with Crippen molar-refractivity contribution in [3.05, 3.63) is 63.7 Å². The second-order valence-corrected chi connectivity index (χ2v) is 7.34. The van der Waals surface area contributed by atoms with Gasteiger partial charge in [-0.3, -0.25) is 19.7 Å². The van der Waals surface area contributed by atoms with E-state index in [2.05, 4.69) is 0 Å². The smallest absolute Gasteiger partial charge is 0.269 e. The number of non-ortho nitro benzene ring substituents is 1. The second kappa shape index (κ2) is 7.20. The number of ether oxygens (including phenoxy) is 2. The average molecular weight is 396 g/mol. The molecule has 2 heterocycles. The van der Waals surface area contributed by atoms with Crippen molar-refractivity contribution in [2.45, 2.75) is 24.9 Å². The van der Waals surface area contributed by atoms with Gasteiger partial charge in [-0.1, -0.05) is 0 Å². The number of likely N-dealkylation sites (tertiary alicyclic amines) is 1. The summed E-state index contributed by atoms with van der Waals surface area (Å²) in [7, 11) is 1.55. The number of Topliss-reactive ketones (excluding diaryl/α,β-unsaturated/α-hetero) is 1. The number of nitro groups is 1. The third-order valence-corrected chi connectivity index (χ3v) is 5.58. The molecular formula is C21H20N2O6. The number of ketones is 1. The first-order valence-corrected chi connectivity index (χ1v) is 9.35. The second-order valence-electron chi connectivity index (χ2n) is 7.34. The van der Waals surface area contributed by atoms with Crippen LogP contribution in [0.25, 0.3) is 0 Å². The van der Waals surface area contributed by atoms with Crippen LogP contribution in [0.4, 0.5) is 5.69 Å². The largest absolute Gasteiger partial charge is 0.497 e. The number of nitrogens with zero attached hydrogens (tertiary/aromatic N) is 2. The van der Waals surface area contributed by atoms with E-state index in [1.54, 1.807) is 30.2 Å². The fourth-order valence-corrected chi connectivity index (χ4v) is 3.90. The lowest BCUT2D eigenvalue weighted by Gasteiger charge is -2.44. The van der Waals surface area contributed by atoms with Crippen LogP contribution in [0.3, 0.4) is 0 Å². The van der Waals surface area contributed by atoms with Crippen molar-refractivity contribution >= 4 is 17.4 Å². The summed E-state index contributed by atoms with van der Waals surface area (Å²) in [4.78, 5) is 37.4. The van der Waals surface area contributed by atoms with Crippen molar-refractivity contribution in [2.75, 3.05) is 20.2 Å². The van der Waals surface area contributed by atoms with Gasteiger partial charge in [0.25, 0.3) is 11.6 Å². The summed E-state index contributed by atoms with van der Waals surface area (Å²) in [6.45, 7) is 0.906. The Bertz CT molecular complexity index is 977. The highest BCUT2D eigenvalue weighted by molar-refractivity contribution is 6.01. The number of nitro benzene ring substituents is 1. The van der Waals surface area contributed by atoms with Crippen LogP contribution in [0, 0.1) is 10.1 Å². The number of carbonyl (C=O) groups is 2. The molecule has 0 atom stereocenters. The SMILES string of the molecule is COc1ccc2c(c1)C(=O)CC1(CCN(C(=O)c3ccc([N+](=O)[O-])cc3)CC1)O2. The number of hydrogen-bond donors (Lipinski definition) is 0. The van der Waals surface area contributed by atoms with Crippen molar-refractivity contribution in [3.63, 3.8) is 0 Å². The molecule has 1 spiro atoms. The van der Waals surface area contributed by atoms with Gasteiger partial charge in [-0.15, -0.1) is 0 Å².